The van der Waals surface area contributed by atoms with Crippen LogP contribution in [0.1, 0.15) is 15.9 Å². The lowest BCUT2D eigenvalue weighted by atomic mass is 9.98. The molecular formula is C19H16N2O. The van der Waals surface area contributed by atoms with Crippen LogP contribution in [0.2, 0.25) is 0 Å². The Morgan fingerprint density at radius 1 is 0.909 bits per heavy atom. The van der Waals surface area contributed by atoms with Crippen molar-refractivity contribution in [3.63, 3.8) is 0 Å². The van der Waals surface area contributed by atoms with E-state index in [9.17, 15) is 4.79 Å². The molecule has 3 rings (SSSR count). The summed E-state index contributed by atoms with van der Waals surface area (Å²) in [5, 5.41) is 2.83. The SMILES string of the molecule is Cc1ccc(-c2ccccc2C(=O)Nc2ccccn2)cc1. The Hall–Kier alpha value is -2.94. The van der Waals surface area contributed by atoms with E-state index in [-0.39, 0.29) is 5.91 Å². The summed E-state index contributed by atoms with van der Waals surface area (Å²) in [4.78, 5) is 16.7. The molecule has 1 aromatic heterocycles. The van der Waals surface area contributed by atoms with Gasteiger partial charge in [0.05, 0.1) is 0 Å². The number of aryl methyl sites for hydroxylation is 1. The zero-order chi connectivity index (χ0) is 15.4. The maximum Gasteiger partial charge on any atom is 0.257 e. The number of aromatic nitrogens is 1. The Balaban J connectivity index is 1.94. The van der Waals surface area contributed by atoms with Crippen molar-refractivity contribution >= 4 is 11.7 Å². The monoisotopic (exact) mass is 288 g/mol. The van der Waals surface area contributed by atoms with Gasteiger partial charge in [-0.2, -0.15) is 0 Å². The van der Waals surface area contributed by atoms with Crippen LogP contribution in [0.4, 0.5) is 5.82 Å². The van der Waals surface area contributed by atoms with E-state index >= 15 is 0 Å². The molecule has 0 radical (unpaired) electrons. The molecule has 0 aliphatic carbocycles. The maximum atomic E-state index is 12.5. The number of hydrogen-bond donors (Lipinski definition) is 1. The lowest BCUT2D eigenvalue weighted by Gasteiger charge is -2.10. The van der Waals surface area contributed by atoms with Crippen LogP contribution in [0.25, 0.3) is 11.1 Å². The lowest BCUT2D eigenvalue weighted by molar-refractivity contribution is 0.102. The Morgan fingerprint density at radius 3 is 2.36 bits per heavy atom. The number of rotatable bonds is 3. The van der Waals surface area contributed by atoms with Gasteiger partial charge in [-0.25, -0.2) is 4.98 Å². The summed E-state index contributed by atoms with van der Waals surface area (Å²) >= 11 is 0. The molecule has 3 nitrogen and oxygen atoms in total. The molecule has 108 valence electrons. The summed E-state index contributed by atoms with van der Waals surface area (Å²) < 4.78 is 0. The second-order valence-electron chi connectivity index (χ2n) is 5.08. The van der Waals surface area contributed by atoms with Crippen molar-refractivity contribution in [2.75, 3.05) is 5.32 Å². The predicted octanol–water partition coefficient (Wildman–Crippen LogP) is 4.31. The van der Waals surface area contributed by atoms with Crippen molar-refractivity contribution in [3.05, 3.63) is 84.1 Å². The Kier molecular flexibility index (Phi) is 3.97. The third kappa shape index (κ3) is 3.04. The van der Waals surface area contributed by atoms with Gasteiger partial charge in [0.15, 0.2) is 0 Å². The summed E-state index contributed by atoms with van der Waals surface area (Å²) in [6, 6.07) is 21.2. The van der Waals surface area contributed by atoms with Gasteiger partial charge in [0.2, 0.25) is 0 Å². The molecule has 3 aromatic rings. The number of nitrogens with one attached hydrogen (secondary N) is 1. The van der Waals surface area contributed by atoms with E-state index < -0.39 is 0 Å². The molecule has 0 saturated carbocycles. The third-order valence-corrected chi connectivity index (χ3v) is 3.44. The number of pyridine rings is 1. The molecule has 1 heterocycles. The van der Waals surface area contributed by atoms with E-state index in [1.54, 1.807) is 12.3 Å². The highest BCUT2D eigenvalue weighted by Crippen LogP contribution is 2.24. The minimum atomic E-state index is -0.158. The van der Waals surface area contributed by atoms with E-state index in [2.05, 4.69) is 10.3 Å². The van der Waals surface area contributed by atoms with E-state index in [4.69, 9.17) is 0 Å². The largest absolute Gasteiger partial charge is 0.307 e. The van der Waals surface area contributed by atoms with Crippen LogP contribution in [0.3, 0.4) is 0 Å². The molecule has 0 bridgehead atoms. The van der Waals surface area contributed by atoms with Crippen molar-refractivity contribution in [3.8, 4) is 11.1 Å². The molecule has 0 spiro atoms. The van der Waals surface area contributed by atoms with Crippen LogP contribution in [-0.2, 0) is 0 Å². The van der Waals surface area contributed by atoms with Crippen molar-refractivity contribution in [1.29, 1.82) is 0 Å². The molecule has 0 fully saturated rings. The normalized spacial score (nSPS) is 10.2. The predicted molar refractivity (Wildman–Crippen MR) is 88.8 cm³/mol. The third-order valence-electron chi connectivity index (χ3n) is 3.44. The number of carbonyl (C=O) groups excluding carboxylic acids is 1. The second-order valence-corrected chi connectivity index (χ2v) is 5.08. The maximum absolute atomic E-state index is 12.5. The number of anilines is 1. The number of carbonyl (C=O) groups is 1. The van der Waals surface area contributed by atoms with E-state index in [1.165, 1.54) is 5.56 Å². The average Bonchev–Trinajstić information content (AvgIpc) is 2.56. The minimum absolute atomic E-state index is 0.158. The van der Waals surface area contributed by atoms with Crippen molar-refractivity contribution in [2.45, 2.75) is 6.92 Å². The van der Waals surface area contributed by atoms with Gasteiger partial charge in [0.1, 0.15) is 5.82 Å². The first kappa shape index (κ1) is 14.0. The standard InChI is InChI=1S/C19H16N2O/c1-14-9-11-15(12-10-14)16-6-2-3-7-17(16)19(22)21-18-8-4-5-13-20-18/h2-13H,1H3,(H,20,21,22). The molecule has 2 aromatic carbocycles. The number of benzene rings is 2. The fraction of sp³-hybridized carbons (Fsp3) is 0.0526. The zero-order valence-corrected chi connectivity index (χ0v) is 12.3. The van der Waals surface area contributed by atoms with Crippen LogP contribution in [-0.4, -0.2) is 10.9 Å². The van der Waals surface area contributed by atoms with Gasteiger partial charge < -0.3 is 5.32 Å². The van der Waals surface area contributed by atoms with Gasteiger partial charge in [-0.15, -0.1) is 0 Å². The highest BCUT2D eigenvalue weighted by Gasteiger charge is 2.12. The molecule has 0 atom stereocenters. The fourth-order valence-electron chi connectivity index (χ4n) is 2.29. The molecule has 1 N–H and O–H groups in total. The topological polar surface area (TPSA) is 42.0 Å². The average molecular weight is 288 g/mol. The van der Waals surface area contributed by atoms with Gasteiger partial charge in [0, 0.05) is 11.8 Å². The van der Waals surface area contributed by atoms with E-state index in [0.717, 1.165) is 11.1 Å². The van der Waals surface area contributed by atoms with Gasteiger partial charge >= 0.3 is 0 Å². The molecule has 1 amide bonds. The first-order valence-electron chi connectivity index (χ1n) is 7.12. The highest BCUT2D eigenvalue weighted by atomic mass is 16.1. The van der Waals surface area contributed by atoms with Crippen molar-refractivity contribution in [2.24, 2.45) is 0 Å². The molecule has 22 heavy (non-hydrogen) atoms. The highest BCUT2D eigenvalue weighted by molar-refractivity contribution is 6.08. The number of amides is 1. The van der Waals surface area contributed by atoms with Gasteiger partial charge in [0.25, 0.3) is 5.91 Å². The van der Waals surface area contributed by atoms with Crippen molar-refractivity contribution < 1.29 is 4.79 Å². The van der Waals surface area contributed by atoms with Crippen LogP contribution >= 0.6 is 0 Å². The summed E-state index contributed by atoms with van der Waals surface area (Å²) in [5.41, 5.74) is 3.77. The van der Waals surface area contributed by atoms with Gasteiger partial charge in [-0.3, -0.25) is 4.79 Å². The fourth-order valence-corrected chi connectivity index (χ4v) is 2.29. The quantitative estimate of drug-likeness (QED) is 0.780. The Morgan fingerprint density at radius 2 is 1.64 bits per heavy atom. The smallest absolute Gasteiger partial charge is 0.257 e. The first-order chi connectivity index (χ1) is 10.7. The summed E-state index contributed by atoms with van der Waals surface area (Å²) in [6.07, 6.45) is 1.65. The number of nitrogens with zero attached hydrogens (tertiary/aromatic N) is 1. The van der Waals surface area contributed by atoms with E-state index in [1.807, 2.05) is 67.6 Å². The lowest BCUT2D eigenvalue weighted by Crippen LogP contribution is -2.13. The first-order valence-corrected chi connectivity index (χ1v) is 7.12. The Bertz CT molecular complexity index is 780. The van der Waals surface area contributed by atoms with Crippen LogP contribution in [0, 0.1) is 6.92 Å². The zero-order valence-electron chi connectivity index (χ0n) is 12.3. The van der Waals surface area contributed by atoms with Crippen molar-refractivity contribution in [1.82, 2.24) is 4.98 Å². The van der Waals surface area contributed by atoms with Gasteiger partial charge in [-0.1, -0.05) is 54.1 Å². The molecular weight excluding hydrogens is 272 g/mol. The second kappa shape index (κ2) is 6.22. The summed E-state index contributed by atoms with van der Waals surface area (Å²) in [6.45, 7) is 2.05. The molecule has 3 heteroatoms. The van der Waals surface area contributed by atoms with Crippen LogP contribution in [0.15, 0.2) is 72.9 Å². The molecule has 0 aliphatic heterocycles. The van der Waals surface area contributed by atoms with Crippen LogP contribution in [0.5, 0.6) is 0 Å². The summed E-state index contributed by atoms with van der Waals surface area (Å²) in [5.74, 6) is 0.390. The molecule has 0 unspecified atom stereocenters. The molecule has 0 aliphatic rings. The summed E-state index contributed by atoms with van der Waals surface area (Å²) in [7, 11) is 0. The Labute approximate surface area is 129 Å². The van der Waals surface area contributed by atoms with Gasteiger partial charge in [-0.05, 0) is 36.2 Å². The number of hydrogen-bond acceptors (Lipinski definition) is 2. The van der Waals surface area contributed by atoms with Crippen LogP contribution < -0.4 is 5.32 Å². The molecule has 0 saturated heterocycles. The van der Waals surface area contributed by atoms with E-state index in [0.29, 0.717) is 11.4 Å². The minimum Gasteiger partial charge on any atom is -0.307 e.